The molecule has 1 rings (SSSR count). The zero-order chi connectivity index (χ0) is 8.81. The van der Waals surface area contributed by atoms with Gasteiger partial charge in [-0.3, -0.25) is 0 Å². The van der Waals surface area contributed by atoms with Crippen LogP contribution < -0.4 is 9.47 Å². The topological polar surface area (TPSA) is 18.5 Å². The van der Waals surface area contributed by atoms with E-state index < -0.39 is 0 Å². The zero-order valence-electron chi connectivity index (χ0n) is 6.69. The van der Waals surface area contributed by atoms with Crippen molar-refractivity contribution in [1.82, 2.24) is 0 Å². The largest absolute Gasteiger partial charge is 0.487 e. The molecule has 0 fully saturated rings. The Kier molecular flexibility index (Phi) is 3.45. The predicted molar refractivity (Wildman–Crippen MR) is 47.0 cm³/mol. The van der Waals surface area contributed by atoms with Gasteiger partial charge in [-0.1, -0.05) is 0 Å². The van der Waals surface area contributed by atoms with Crippen molar-refractivity contribution in [2.45, 2.75) is 0 Å². The molecule has 1 aromatic rings. The van der Waals surface area contributed by atoms with Gasteiger partial charge >= 0.3 is 0 Å². The lowest BCUT2D eigenvalue weighted by Gasteiger charge is -2.04. The first-order valence-corrected chi connectivity index (χ1v) is 3.52. The van der Waals surface area contributed by atoms with Crippen LogP contribution >= 0.6 is 0 Å². The quantitative estimate of drug-likeness (QED) is 0.677. The summed E-state index contributed by atoms with van der Waals surface area (Å²) in [6, 6.07) is 7.17. The summed E-state index contributed by atoms with van der Waals surface area (Å²) < 4.78 is 10.0. The molecule has 0 atom stereocenters. The van der Waals surface area contributed by atoms with Crippen LogP contribution in [-0.4, -0.2) is 0 Å². The molecule has 4 radical (unpaired) electrons. The molecule has 0 amide bonds. The smallest absolute Gasteiger partial charge is 0.136 e. The molecular weight excluding hydrogens is 152 g/mol. The van der Waals surface area contributed by atoms with Crippen LogP contribution in [0.2, 0.25) is 0 Å². The second kappa shape index (κ2) is 4.65. The average molecular weight is 162 g/mol. The van der Waals surface area contributed by atoms with Crippen molar-refractivity contribution in [3.8, 4) is 11.5 Å². The van der Waals surface area contributed by atoms with Crippen LogP contribution in [0.1, 0.15) is 0 Å². The highest BCUT2D eigenvalue weighted by molar-refractivity contribution is 5.31. The van der Waals surface area contributed by atoms with E-state index in [0.29, 0.717) is 0 Å². The Labute approximate surface area is 73.1 Å². The molecule has 0 aliphatic carbocycles. The third kappa shape index (κ3) is 2.46. The summed E-state index contributed by atoms with van der Waals surface area (Å²) in [4.78, 5) is 0. The van der Waals surface area contributed by atoms with Gasteiger partial charge < -0.3 is 9.47 Å². The lowest BCUT2D eigenvalue weighted by molar-refractivity contribution is 0.420. The zero-order valence-corrected chi connectivity index (χ0v) is 6.69. The lowest BCUT2D eigenvalue weighted by Crippen LogP contribution is -1.87. The summed E-state index contributed by atoms with van der Waals surface area (Å²) in [7, 11) is 0. The van der Waals surface area contributed by atoms with Gasteiger partial charge in [-0.25, -0.2) is 0 Å². The first kappa shape index (κ1) is 8.91. The number of rotatable bonds is 4. The van der Waals surface area contributed by atoms with E-state index in [1.165, 1.54) is 13.2 Å². The van der Waals surface area contributed by atoms with Gasteiger partial charge in [0, 0.05) is 0 Å². The molecule has 0 aliphatic heterocycles. The van der Waals surface area contributed by atoms with Gasteiger partial charge in [0.15, 0.2) is 0 Å². The van der Waals surface area contributed by atoms with Crippen molar-refractivity contribution in [3.63, 3.8) is 0 Å². The van der Waals surface area contributed by atoms with Crippen LogP contribution in [-0.2, 0) is 0 Å². The van der Waals surface area contributed by atoms with Crippen molar-refractivity contribution in [2.24, 2.45) is 0 Å². The standard InChI is InChI=1S/C10H10O2/c1-3-11-9-5-7-10(8-6-9)12-4-2/h3-8H,1-2H2. The highest BCUT2D eigenvalue weighted by Gasteiger charge is 1.93. The van der Waals surface area contributed by atoms with Gasteiger partial charge in [-0.05, 0) is 38.1 Å². The predicted octanol–water partition coefficient (Wildman–Crippen LogP) is 2.44. The minimum Gasteiger partial charge on any atom is -0.487 e. The summed E-state index contributed by atoms with van der Waals surface area (Å²) in [6.45, 7) is 9.65. The van der Waals surface area contributed by atoms with E-state index in [0.717, 1.165) is 11.5 Å². The summed E-state index contributed by atoms with van der Waals surface area (Å²) in [5.41, 5.74) is 0. The summed E-state index contributed by atoms with van der Waals surface area (Å²) in [5.74, 6) is 1.47. The van der Waals surface area contributed by atoms with E-state index in [4.69, 9.17) is 9.47 Å². The maximum Gasteiger partial charge on any atom is 0.136 e. The highest BCUT2D eigenvalue weighted by Crippen LogP contribution is 2.18. The van der Waals surface area contributed by atoms with E-state index >= 15 is 0 Å². The van der Waals surface area contributed by atoms with E-state index in [9.17, 15) is 0 Å². The molecule has 0 heterocycles. The lowest BCUT2D eigenvalue weighted by atomic mass is 10.3. The third-order valence-corrected chi connectivity index (χ3v) is 1.26. The maximum absolute atomic E-state index is 5.02. The van der Waals surface area contributed by atoms with E-state index in [-0.39, 0.29) is 0 Å². The summed E-state index contributed by atoms with van der Waals surface area (Å²) >= 11 is 0. The Morgan fingerprint density at radius 1 is 0.833 bits per heavy atom. The highest BCUT2D eigenvalue weighted by atomic mass is 16.5. The van der Waals surface area contributed by atoms with Crippen LogP contribution in [0.3, 0.4) is 0 Å². The molecular formula is C10H10O2. The van der Waals surface area contributed by atoms with Gasteiger partial charge in [-0.2, -0.15) is 0 Å². The maximum atomic E-state index is 5.02. The summed E-state index contributed by atoms with van der Waals surface area (Å²) in [6.07, 6.45) is 0. The molecule has 0 saturated heterocycles. The van der Waals surface area contributed by atoms with Crippen LogP contribution in [0, 0.1) is 27.1 Å². The molecule has 0 unspecified atom stereocenters. The second-order valence-corrected chi connectivity index (χ2v) is 2.04. The Morgan fingerprint density at radius 3 is 1.42 bits per heavy atom. The molecule has 62 valence electrons. The van der Waals surface area contributed by atoms with E-state index in [1.54, 1.807) is 24.3 Å². The van der Waals surface area contributed by atoms with Crippen LogP contribution in [0.4, 0.5) is 0 Å². The number of ether oxygens (including phenoxy) is 2. The summed E-state index contributed by atoms with van der Waals surface area (Å²) in [5, 5.41) is 0. The third-order valence-electron chi connectivity index (χ3n) is 1.26. The van der Waals surface area contributed by atoms with Gasteiger partial charge in [0.25, 0.3) is 0 Å². The molecule has 0 aromatic heterocycles. The van der Waals surface area contributed by atoms with Crippen molar-refractivity contribution in [1.29, 1.82) is 0 Å². The molecule has 0 saturated carbocycles. The SMILES string of the molecule is [CH2][CH]Oc1ccc(O[CH][CH2])cc1. The Balaban J connectivity index is 2.58. The minimum atomic E-state index is 0.737. The van der Waals surface area contributed by atoms with Crippen molar-refractivity contribution >= 4 is 0 Å². The Bertz CT molecular complexity index is 191. The molecule has 2 heteroatoms. The Hall–Kier alpha value is -1.18. The second-order valence-electron chi connectivity index (χ2n) is 2.04. The first-order chi connectivity index (χ1) is 5.86. The van der Waals surface area contributed by atoms with Crippen molar-refractivity contribution in [3.05, 3.63) is 51.3 Å². The van der Waals surface area contributed by atoms with Gasteiger partial charge in [0.1, 0.15) is 24.7 Å². The number of hydrogen-bond donors (Lipinski definition) is 0. The van der Waals surface area contributed by atoms with Crippen molar-refractivity contribution in [2.75, 3.05) is 0 Å². The monoisotopic (exact) mass is 162 g/mol. The van der Waals surface area contributed by atoms with Crippen LogP contribution in [0.25, 0.3) is 0 Å². The van der Waals surface area contributed by atoms with E-state index in [1.807, 2.05) is 0 Å². The average Bonchev–Trinajstić information content (AvgIpc) is 2.09. The van der Waals surface area contributed by atoms with Crippen molar-refractivity contribution < 1.29 is 9.47 Å². The Morgan fingerprint density at radius 2 is 1.17 bits per heavy atom. The fourth-order valence-corrected chi connectivity index (χ4v) is 0.789. The molecule has 0 spiro atoms. The van der Waals surface area contributed by atoms with Crippen LogP contribution in [0.15, 0.2) is 24.3 Å². The van der Waals surface area contributed by atoms with Gasteiger partial charge in [0.05, 0.1) is 0 Å². The van der Waals surface area contributed by atoms with Gasteiger partial charge in [0.2, 0.25) is 0 Å². The molecule has 0 N–H and O–H groups in total. The molecule has 0 bridgehead atoms. The van der Waals surface area contributed by atoms with Gasteiger partial charge in [-0.15, -0.1) is 0 Å². The number of hydrogen-bond acceptors (Lipinski definition) is 2. The molecule has 1 aromatic carbocycles. The number of benzene rings is 1. The fourth-order valence-electron chi connectivity index (χ4n) is 0.789. The molecule has 2 nitrogen and oxygen atoms in total. The van der Waals surface area contributed by atoms with Crippen LogP contribution in [0.5, 0.6) is 11.5 Å². The fraction of sp³-hybridized carbons (Fsp3) is 0. The molecule has 12 heavy (non-hydrogen) atoms. The van der Waals surface area contributed by atoms with E-state index in [2.05, 4.69) is 13.8 Å². The molecule has 0 aliphatic rings. The first-order valence-electron chi connectivity index (χ1n) is 3.52. The normalized spacial score (nSPS) is 9.50. The minimum absolute atomic E-state index is 0.737.